The minimum atomic E-state index is 0.104. The van der Waals surface area contributed by atoms with Gasteiger partial charge >= 0.3 is 0 Å². The van der Waals surface area contributed by atoms with E-state index in [0.717, 1.165) is 19.5 Å². The second kappa shape index (κ2) is 6.48. The monoisotopic (exact) mass is 313 g/mol. The number of likely N-dealkylation sites (tertiary alicyclic amines) is 1. The van der Waals surface area contributed by atoms with Crippen molar-refractivity contribution in [2.24, 2.45) is 5.41 Å². The fraction of sp³-hybridized carbons (Fsp3) is 0.529. The van der Waals surface area contributed by atoms with E-state index in [0.29, 0.717) is 18.9 Å². The van der Waals surface area contributed by atoms with Gasteiger partial charge < -0.3 is 4.90 Å². The first kappa shape index (κ1) is 15.6. The van der Waals surface area contributed by atoms with Crippen molar-refractivity contribution in [3.8, 4) is 0 Å². The van der Waals surface area contributed by atoms with Crippen molar-refractivity contribution in [1.82, 2.24) is 25.1 Å². The van der Waals surface area contributed by atoms with Crippen molar-refractivity contribution in [1.29, 1.82) is 0 Å². The normalized spacial score (nSPS) is 19.9. The average molecular weight is 313 g/mol. The van der Waals surface area contributed by atoms with Gasteiger partial charge in [-0.2, -0.15) is 0 Å². The molecule has 1 aromatic heterocycles. The Balaban J connectivity index is 1.57. The number of amides is 1. The summed E-state index contributed by atoms with van der Waals surface area (Å²) in [4.78, 5) is 14.5. The lowest BCUT2D eigenvalue weighted by Gasteiger charge is -2.25. The molecule has 0 spiro atoms. The molecule has 6 heteroatoms. The number of aryl methyl sites for hydroxylation is 1. The first-order chi connectivity index (χ1) is 11.1. The number of hydrogen-bond donors (Lipinski definition) is 0. The maximum atomic E-state index is 12.5. The number of benzene rings is 1. The highest BCUT2D eigenvalue weighted by molar-refractivity contribution is 5.76. The number of carbonyl (C=O) groups is 1. The molecule has 23 heavy (non-hydrogen) atoms. The van der Waals surface area contributed by atoms with Gasteiger partial charge in [0.1, 0.15) is 6.33 Å². The molecular formula is C17H23N5O. The molecule has 0 bridgehead atoms. The Bertz CT molecular complexity index is 638. The molecule has 1 aliphatic rings. The Hall–Kier alpha value is -2.24. The third-order valence-electron chi connectivity index (χ3n) is 4.67. The highest BCUT2D eigenvalue weighted by Gasteiger charge is 2.41. The number of hydrogen-bond acceptors (Lipinski definition) is 4. The van der Waals surface area contributed by atoms with Crippen LogP contribution < -0.4 is 0 Å². The van der Waals surface area contributed by atoms with Crippen molar-refractivity contribution in [3.63, 3.8) is 0 Å². The topological polar surface area (TPSA) is 63.9 Å². The predicted molar refractivity (Wildman–Crippen MR) is 86.6 cm³/mol. The molecule has 0 saturated carbocycles. The molecule has 3 rings (SSSR count). The third kappa shape index (κ3) is 3.57. The van der Waals surface area contributed by atoms with Crippen LogP contribution in [0.25, 0.3) is 0 Å². The molecule has 1 aromatic carbocycles. The Labute approximate surface area is 136 Å². The van der Waals surface area contributed by atoms with E-state index in [4.69, 9.17) is 0 Å². The molecule has 1 amide bonds. The van der Waals surface area contributed by atoms with Crippen molar-refractivity contribution in [2.75, 3.05) is 13.1 Å². The van der Waals surface area contributed by atoms with Crippen LogP contribution in [0, 0.1) is 5.41 Å². The fourth-order valence-corrected chi connectivity index (χ4v) is 3.40. The van der Waals surface area contributed by atoms with Gasteiger partial charge in [0, 0.05) is 32.0 Å². The minimum absolute atomic E-state index is 0.104. The van der Waals surface area contributed by atoms with Crippen LogP contribution in [0.1, 0.15) is 38.2 Å². The van der Waals surface area contributed by atoms with E-state index in [-0.39, 0.29) is 11.3 Å². The zero-order valence-corrected chi connectivity index (χ0v) is 13.7. The van der Waals surface area contributed by atoms with E-state index in [1.54, 1.807) is 11.0 Å². The summed E-state index contributed by atoms with van der Waals surface area (Å²) in [5.41, 5.74) is 1.42. The molecule has 1 fully saturated rings. The molecule has 122 valence electrons. The Kier molecular flexibility index (Phi) is 4.41. The molecule has 1 atom stereocenters. The van der Waals surface area contributed by atoms with Crippen LogP contribution in [0.4, 0.5) is 0 Å². The van der Waals surface area contributed by atoms with Crippen molar-refractivity contribution in [3.05, 3.63) is 42.2 Å². The summed E-state index contributed by atoms with van der Waals surface area (Å²) in [5.74, 6) is 0.622. The highest BCUT2D eigenvalue weighted by Crippen LogP contribution is 2.42. The molecule has 1 saturated heterocycles. The van der Waals surface area contributed by atoms with Crippen molar-refractivity contribution < 1.29 is 4.79 Å². The summed E-state index contributed by atoms with van der Waals surface area (Å²) in [7, 11) is 0. The fourth-order valence-electron chi connectivity index (χ4n) is 3.40. The van der Waals surface area contributed by atoms with E-state index in [1.807, 2.05) is 11.0 Å². The zero-order valence-electron chi connectivity index (χ0n) is 13.7. The van der Waals surface area contributed by atoms with Crippen LogP contribution in [0.3, 0.4) is 0 Å². The first-order valence-corrected chi connectivity index (χ1v) is 8.10. The van der Waals surface area contributed by atoms with Crippen molar-refractivity contribution >= 4 is 5.91 Å². The van der Waals surface area contributed by atoms with Gasteiger partial charge in [-0.15, -0.1) is 5.10 Å². The van der Waals surface area contributed by atoms with Crippen LogP contribution >= 0.6 is 0 Å². The van der Waals surface area contributed by atoms with Gasteiger partial charge in [-0.25, -0.2) is 4.68 Å². The summed E-state index contributed by atoms with van der Waals surface area (Å²) in [6.07, 6.45) is 2.88. The molecular weight excluding hydrogens is 290 g/mol. The predicted octanol–water partition coefficient (Wildman–Crippen LogP) is 2.11. The SMILES string of the molecule is CC1(C)CN(C(=O)CCCn2cnnn2)C[C@H]1c1ccccc1. The Morgan fingerprint density at radius 3 is 2.78 bits per heavy atom. The van der Waals surface area contributed by atoms with Crippen LogP contribution in [0.15, 0.2) is 36.7 Å². The lowest BCUT2D eigenvalue weighted by atomic mass is 9.78. The van der Waals surface area contributed by atoms with Gasteiger partial charge in [-0.1, -0.05) is 44.2 Å². The average Bonchev–Trinajstić information content (AvgIpc) is 3.15. The van der Waals surface area contributed by atoms with Gasteiger partial charge in [0.05, 0.1) is 0 Å². The van der Waals surface area contributed by atoms with Crippen LogP contribution in [0.2, 0.25) is 0 Å². The number of carbonyl (C=O) groups excluding carboxylic acids is 1. The standard InChI is InChI=1S/C17H23N5O/c1-17(2)12-21(11-15(17)14-7-4-3-5-8-14)16(23)9-6-10-22-13-18-19-20-22/h3-5,7-8,13,15H,6,9-12H2,1-2H3/t15-/m0/s1. The molecule has 0 unspecified atom stereocenters. The number of tetrazole rings is 1. The summed E-state index contributed by atoms with van der Waals surface area (Å²) < 4.78 is 1.66. The third-order valence-corrected chi connectivity index (χ3v) is 4.67. The number of rotatable bonds is 5. The second-order valence-corrected chi connectivity index (χ2v) is 6.90. The van der Waals surface area contributed by atoms with Crippen LogP contribution in [-0.2, 0) is 11.3 Å². The maximum absolute atomic E-state index is 12.5. The van der Waals surface area contributed by atoms with Crippen LogP contribution in [0.5, 0.6) is 0 Å². The van der Waals surface area contributed by atoms with E-state index in [9.17, 15) is 4.79 Å². The largest absolute Gasteiger partial charge is 0.342 e. The maximum Gasteiger partial charge on any atom is 0.222 e. The molecule has 6 nitrogen and oxygen atoms in total. The molecule has 0 radical (unpaired) electrons. The van der Waals surface area contributed by atoms with Gasteiger partial charge in [-0.05, 0) is 27.8 Å². The molecule has 2 heterocycles. The molecule has 0 N–H and O–H groups in total. The van der Waals surface area contributed by atoms with Gasteiger partial charge in [0.25, 0.3) is 0 Å². The quantitative estimate of drug-likeness (QED) is 0.848. The Morgan fingerprint density at radius 1 is 1.30 bits per heavy atom. The molecule has 0 aliphatic carbocycles. The number of nitrogens with zero attached hydrogens (tertiary/aromatic N) is 5. The van der Waals surface area contributed by atoms with Gasteiger partial charge in [0.2, 0.25) is 5.91 Å². The van der Waals surface area contributed by atoms with E-state index >= 15 is 0 Å². The van der Waals surface area contributed by atoms with Crippen LogP contribution in [-0.4, -0.2) is 44.1 Å². The van der Waals surface area contributed by atoms with Gasteiger partial charge in [0.15, 0.2) is 0 Å². The van der Waals surface area contributed by atoms with E-state index in [2.05, 4.69) is 53.6 Å². The van der Waals surface area contributed by atoms with E-state index in [1.165, 1.54) is 5.56 Å². The molecule has 2 aromatic rings. The first-order valence-electron chi connectivity index (χ1n) is 8.10. The lowest BCUT2D eigenvalue weighted by molar-refractivity contribution is -0.130. The van der Waals surface area contributed by atoms with Gasteiger partial charge in [-0.3, -0.25) is 4.79 Å². The summed E-state index contributed by atoms with van der Waals surface area (Å²) in [6, 6.07) is 10.5. The summed E-state index contributed by atoms with van der Waals surface area (Å²) in [5, 5.41) is 11.0. The molecule has 1 aliphatic heterocycles. The number of aromatic nitrogens is 4. The summed E-state index contributed by atoms with van der Waals surface area (Å²) >= 11 is 0. The van der Waals surface area contributed by atoms with Crippen molar-refractivity contribution in [2.45, 2.75) is 39.2 Å². The minimum Gasteiger partial charge on any atom is -0.342 e. The lowest BCUT2D eigenvalue weighted by Crippen LogP contribution is -2.30. The second-order valence-electron chi connectivity index (χ2n) is 6.90. The zero-order chi connectivity index (χ0) is 16.3. The highest BCUT2D eigenvalue weighted by atomic mass is 16.2. The smallest absolute Gasteiger partial charge is 0.222 e. The summed E-state index contributed by atoms with van der Waals surface area (Å²) in [6.45, 7) is 6.80. The van der Waals surface area contributed by atoms with E-state index < -0.39 is 0 Å². The Morgan fingerprint density at radius 2 is 2.09 bits per heavy atom.